The van der Waals surface area contributed by atoms with Crippen molar-refractivity contribution in [2.45, 2.75) is 20.1 Å². The second kappa shape index (κ2) is 10.5. The molecule has 1 aliphatic rings. The second-order valence-electron chi connectivity index (χ2n) is 7.59. The number of rotatable bonds is 7. The van der Waals surface area contributed by atoms with Gasteiger partial charge in [0.25, 0.3) is 5.91 Å². The zero-order valence-electron chi connectivity index (χ0n) is 17.7. The van der Waals surface area contributed by atoms with Crippen molar-refractivity contribution in [3.05, 3.63) is 89.1 Å². The third-order valence-corrected chi connectivity index (χ3v) is 6.36. The van der Waals surface area contributed by atoms with E-state index in [1.807, 2.05) is 54.2 Å². The molecule has 0 radical (unpaired) electrons. The van der Waals surface area contributed by atoms with E-state index in [0.29, 0.717) is 18.1 Å². The molecule has 0 aliphatic carbocycles. The van der Waals surface area contributed by atoms with Crippen LogP contribution in [-0.2, 0) is 13.2 Å². The number of hydrogen-bond acceptors (Lipinski definition) is 5. The van der Waals surface area contributed by atoms with E-state index in [4.69, 9.17) is 4.74 Å². The summed E-state index contributed by atoms with van der Waals surface area (Å²) in [6, 6.07) is 19.4. The Bertz CT molecular complexity index is 1020. The highest BCUT2D eigenvalue weighted by Gasteiger charge is 2.15. The quantitative estimate of drug-likeness (QED) is 0.582. The number of carbonyl (C=O) groups excluding carboxylic acids is 1. The zero-order chi connectivity index (χ0) is 21.5. The van der Waals surface area contributed by atoms with E-state index < -0.39 is 0 Å². The molecule has 4 rings (SSSR count). The molecule has 31 heavy (non-hydrogen) atoms. The molecule has 1 saturated heterocycles. The van der Waals surface area contributed by atoms with Gasteiger partial charge in [-0.15, -0.1) is 0 Å². The van der Waals surface area contributed by atoms with Crippen molar-refractivity contribution < 1.29 is 9.53 Å². The van der Waals surface area contributed by atoms with Gasteiger partial charge in [-0.25, -0.2) is 4.98 Å². The number of nitrogens with one attached hydrogen (secondary N) is 1. The fraction of sp³-hybridized carbons (Fsp3) is 0.280. The van der Waals surface area contributed by atoms with Gasteiger partial charge in [-0.3, -0.25) is 9.69 Å². The topological polar surface area (TPSA) is 54.5 Å². The van der Waals surface area contributed by atoms with Crippen LogP contribution in [0.1, 0.15) is 27.0 Å². The van der Waals surface area contributed by atoms with Crippen LogP contribution < -0.4 is 10.1 Å². The lowest BCUT2D eigenvalue weighted by Gasteiger charge is -2.27. The van der Waals surface area contributed by atoms with Crippen LogP contribution in [-0.4, -0.2) is 40.4 Å². The smallest absolute Gasteiger partial charge is 0.255 e. The molecule has 0 saturated carbocycles. The molecule has 1 aromatic heterocycles. The van der Waals surface area contributed by atoms with Gasteiger partial charge >= 0.3 is 0 Å². The molecule has 1 aliphatic heterocycles. The number of thioether (sulfide) groups is 1. The number of aromatic nitrogens is 1. The summed E-state index contributed by atoms with van der Waals surface area (Å²) < 4.78 is 5.76. The van der Waals surface area contributed by atoms with Gasteiger partial charge in [0.05, 0.1) is 0 Å². The summed E-state index contributed by atoms with van der Waals surface area (Å²) in [6.07, 6.45) is 1.60. The number of anilines is 1. The molecule has 160 valence electrons. The van der Waals surface area contributed by atoms with Crippen molar-refractivity contribution in [3.8, 4) is 5.88 Å². The molecule has 6 heteroatoms. The summed E-state index contributed by atoms with van der Waals surface area (Å²) >= 11 is 2.01. The highest BCUT2D eigenvalue weighted by atomic mass is 32.2. The molecule has 1 amide bonds. The van der Waals surface area contributed by atoms with E-state index in [1.165, 1.54) is 17.1 Å². The average molecular weight is 434 g/mol. The Hall–Kier alpha value is -2.83. The van der Waals surface area contributed by atoms with Crippen LogP contribution in [0, 0.1) is 6.92 Å². The van der Waals surface area contributed by atoms with Crippen LogP contribution in [0.15, 0.2) is 66.9 Å². The maximum atomic E-state index is 12.9. The largest absolute Gasteiger partial charge is 0.473 e. The first-order valence-corrected chi connectivity index (χ1v) is 11.7. The lowest BCUT2D eigenvalue weighted by molar-refractivity contribution is 0.102. The van der Waals surface area contributed by atoms with Gasteiger partial charge < -0.3 is 10.1 Å². The molecule has 0 unspecified atom stereocenters. The molecule has 0 bridgehead atoms. The highest BCUT2D eigenvalue weighted by molar-refractivity contribution is 7.99. The maximum Gasteiger partial charge on any atom is 0.255 e. The third-order valence-electron chi connectivity index (χ3n) is 5.42. The summed E-state index contributed by atoms with van der Waals surface area (Å²) in [5.41, 5.74) is 4.79. The summed E-state index contributed by atoms with van der Waals surface area (Å²) in [7, 11) is 0. The first-order chi connectivity index (χ1) is 15.2. The minimum Gasteiger partial charge on any atom is -0.473 e. The van der Waals surface area contributed by atoms with Crippen molar-refractivity contribution in [3.63, 3.8) is 0 Å². The van der Waals surface area contributed by atoms with Crippen molar-refractivity contribution in [2.75, 3.05) is 29.9 Å². The first kappa shape index (κ1) is 21.4. The number of nitrogens with zero attached hydrogens (tertiary/aromatic N) is 2. The molecule has 5 nitrogen and oxygen atoms in total. The fourth-order valence-corrected chi connectivity index (χ4v) is 4.52. The standard InChI is InChI=1S/C25H27N3O2S/c1-19-22(17-28-12-14-31-15-13-28)8-5-9-23(19)27-25(29)21-10-11-26-24(16-21)30-18-20-6-3-2-4-7-20/h2-11,16H,12-15,17-18H2,1H3,(H,27,29). The number of amides is 1. The van der Waals surface area contributed by atoms with Crippen LogP contribution in [0.3, 0.4) is 0 Å². The van der Waals surface area contributed by atoms with Gasteiger partial charge in [-0.05, 0) is 35.7 Å². The number of carbonyl (C=O) groups is 1. The number of hydrogen-bond donors (Lipinski definition) is 1. The SMILES string of the molecule is Cc1c(CN2CCSCC2)cccc1NC(=O)c1ccnc(OCc2ccccc2)c1. The van der Waals surface area contributed by atoms with Crippen molar-refractivity contribution in [1.29, 1.82) is 0 Å². The Balaban J connectivity index is 1.41. The minimum absolute atomic E-state index is 0.165. The summed E-state index contributed by atoms with van der Waals surface area (Å²) in [5, 5.41) is 3.06. The zero-order valence-corrected chi connectivity index (χ0v) is 18.5. The molecular formula is C25H27N3O2S. The molecular weight excluding hydrogens is 406 g/mol. The summed E-state index contributed by atoms with van der Waals surface area (Å²) in [4.78, 5) is 19.6. The number of benzene rings is 2. The van der Waals surface area contributed by atoms with E-state index >= 15 is 0 Å². The fourth-order valence-electron chi connectivity index (χ4n) is 3.55. The Labute approximate surface area is 187 Å². The second-order valence-corrected chi connectivity index (χ2v) is 8.81. The van der Waals surface area contributed by atoms with E-state index in [0.717, 1.165) is 36.4 Å². The Morgan fingerprint density at radius 2 is 1.90 bits per heavy atom. The van der Waals surface area contributed by atoms with Gasteiger partial charge in [0.2, 0.25) is 5.88 Å². The normalized spacial score (nSPS) is 14.2. The van der Waals surface area contributed by atoms with Crippen molar-refractivity contribution >= 4 is 23.4 Å². The average Bonchev–Trinajstić information content (AvgIpc) is 2.82. The van der Waals surface area contributed by atoms with E-state index in [-0.39, 0.29) is 5.91 Å². The third kappa shape index (κ3) is 5.87. The van der Waals surface area contributed by atoms with Crippen LogP contribution in [0.25, 0.3) is 0 Å². The van der Waals surface area contributed by atoms with E-state index in [9.17, 15) is 4.79 Å². The van der Waals surface area contributed by atoms with Gasteiger partial charge in [0, 0.05) is 54.7 Å². The molecule has 2 aromatic carbocycles. The van der Waals surface area contributed by atoms with Crippen LogP contribution in [0.5, 0.6) is 5.88 Å². The van der Waals surface area contributed by atoms with E-state index in [1.54, 1.807) is 18.3 Å². The maximum absolute atomic E-state index is 12.9. The minimum atomic E-state index is -0.165. The summed E-state index contributed by atoms with van der Waals surface area (Å²) in [5.74, 6) is 2.64. The van der Waals surface area contributed by atoms with Crippen molar-refractivity contribution in [1.82, 2.24) is 9.88 Å². The van der Waals surface area contributed by atoms with Crippen molar-refractivity contribution in [2.24, 2.45) is 0 Å². The first-order valence-electron chi connectivity index (χ1n) is 10.5. The highest BCUT2D eigenvalue weighted by Crippen LogP contribution is 2.23. The van der Waals surface area contributed by atoms with Gasteiger partial charge in [-0.2, -0.15) is 11.8 Å². The van der Waals surface area contributed by atoms with Crippen LogP contribution in [0.4, 0.5) is 5.69 Å². The summed E-state index contributed by atoms with van der Waals surface area (Å²) in [6.45, 7) is 5.63. The monoisotopic (exact) mass is 433 g/mol. The number of pyridine rings is 1. The lowest BCUT2D eigenvalue weighted by Crippen LogP contribution is -2.32. The molecule has 1 fully saturated rings. The molecule has 3 aromatic rings. The predicted molar refractivity (Wildman–Crippen MR) is 127 cm³/mol. The van der Waals surface area contributed by atoms with E-state index in [2.05, 4.69) is 28.2 Å². The molecule has 1 N–H and O–H groups in total. The number of ether oxygens (including phenoxy) is 1. The Kier molecular flexibility index (Phi) is 7.22. The van der Waals surface area contributed by atoms with Gasteiger partial charge in [0.1, 0.15) is 6.61 Å². The molecule has 0 spiro atoms. The Morgan fingerprint density at radius 1 is 1.10 bits per heavy atom. The van der Waals surface area contributed by atoms with Crippen LogP contribution >= 0.6 is 11.8 Å². The van der Waals surface area contributed by atoms with Gasteiger partial charge in [-0.1, -0.05) is 42.5 Å². The van der Waals surface area contributed by atoms with Gasteiger partial charge in [0.15, 0.2) is 0 Å². The molecule has 0 atom stereocenters. The van der Waals surface area contributed by atoms with Crippen LogP contribution in [0.2, 0.25) is 0 Å². The predicted octanol–water partition coefficient (Wildman–Crippen LogP) is 4.77. The lowest BCUT2D eigenvalue weighted by atomic mass is 10.1. The molecule has 2 heterocycles. The Morgan fingerprint density at radius 3 is 2.71 bits per heavy atom.